The second kappa shape index (κ2) is 3.94. The van der Waals surface area contributed by atoms with E-state index in [0.29, 0.717) is 0 Å². The molecule has 0 aliphatic heterocycles. The van der Waals surface area contributed by atoms with Gasteiger partial charge in [-0.3, -0.25) is 4.98 Å². The maximum atomic E-state index is 4.39. The molecule has 18 heavy (non-hydrogen) atoms. The minimum Gasteiger partial charge on any atom is -0.368 e. The van der Waals surface area contributed by atoms with Crippen molar-refractivity contribution in [3.8, 4) is 0 Å². The Morgan fingerprint density at radius 3 is 2.94 bits per heavy atom. The van der Waals surface area contributed by atoms with Crippen LogP contribution in [0, 0.1) is 6.07 Å². The largest absolute Gasteiger partial charge is 0.368 e. The molecular weight excluding hydrogens is 402 g/mol. The molecule has 0 amide bonds. The first-order valence-corrected chi connectivity index (χ1v) is 5.56. The Kier molecular flexibility index (Phi) is 2.50. The molecule has 1 aromatic carbocycles. The Hall–Kier alpha value is -1.64. The third-order valence-electron chi connectivity index (χ3n) is 3.29. The molecule has 0 aliphatic rings. The van der Waals surface area contributed by atoms with Gasteiger partial charge in [-0.05, 0) is 17.9 Å². The van der Waals surface area contributed by atoms with Gasteiger partial charge in [0.25, 0.3) is 0 Å². The first-order valence-electron chi connectivity index (χ1n) is 5.56. The molecule has 0 saturated carbocycles. The van der Waals surface area contributed by atoms with E-state index in [4.69, 9.17) is 0 Å². The van der Waals surface area contributed by atoms with E-state index in [1.807, 2.05) is 29.1 Å². The molecule has 0 atom stereocenters. The predicted molar refractivity (Wildman–Crippen MR) is 68.0 cm³/mol. The van der Waals surface area contributed by atoms with Crippen LogP contribution in [0.4, 0.5) is 0 Å². The summed E-state index contributed by atoms with van der Waals surface area (Å²) < 4.78 is 4.17. The molecule has 3 aromatic heterocycles. The fourth-order valence-electron chi connectivity index (χ4n) is 2.49. The molecule has 0 spiro atoms. The summed E-state index contributed by atoms with van der Waals surface area (Å²) >= 11 is 0. The number of aryl methyl sites for hydroxylation is 1. The molecule has 0 fully saturated rings. The van der Waals surface area contributed by atoms with Gasteiger partial charge in [-0.15, -0.1) is 12.1 Å². The van der Waals surface area contributed by atoms with Crippen LogP contribution in [0.2, 0.25) is 0 Å². The summed E-state index contributed by atoms with van der Waals surface area (Å²) in [5.41, 5.74) is 2.20. The van der Waals surface area contributed by atoms with Gasteiger partial charge in [-0.25, -0.2) is 0 Å². The number of benzene rings is 1. The van der Waals surface area contributed by atoms with Crippen LogP contribution in [0.25, 0.3) is 27.3 Å². The predicted octanol–water partition coefficient (Wildman–Crippen LogP) is 2.78. The zero-order valence-corrected chi connectivity index (χ0v) is 12.1. The van der Waals surface area contributed by atoms with Crippen molar-refractivity contribution < 1.29 is 20.1 Å². The Labute approximate surface area is 117 Å². The molecule has 4 rings (SSSR count). The normalized spacial score (nSPS) is 11.2. The Morgan fingerprint density at radius 2 is 2.06 bits per heavy atom. The van der Waals surface area contributed by atoms with Crippen molar-refractivity contribution in [1.82, 2.24) is 14.0 Å². The summed E-state index contributed by atoms with van der Waals surface area (Å²) in [7, 11) is 2.07. The molecule has 0 aliphatic carbocycles. The van der Waals surface area contributed by atoms with Crippen LogP contribution in [0.5, 0.6) is 0 Å². The van der Waals surface area contributed by atoms with Crippen LogP contribution in [-0.2, 0) is 27.2 Å². The van der Waals surface area contributed by atoms with E-state index in [1.165, 1.54) is 16.3 Å². The van der Waals surface area contributed by atoms with Crippen LogP contribution >= 0.6 is 0 Å². The summed E-state index contributed by atoms with van der Waals surface area (Å²) in [6.07, 6.45) is 7.90. The number of aromatic nitrogens is 3. The molecule has 0 bridgehead atoms. The van der Waals surface area contributed by atoms with E-state index in [-0.39, 0.29) is 20.1 Å². The summed E-state index contributed by atoms with van der Waals surface area (Å²) in [5, 5.41) is 3.50. The van der Waals surface area contributed by atoms with Gasteiger partial charge in [-0.1, -0.05) is 28.3 Å². The summed E-state index contributed by atoms with van der Waals surface area (Å²) in [6, 6.07) is 9.61. The molecule has 4 aromatic rings. The van der Waals surface area contributed by atoms with Gasteiger partial charge >= 0.3 is 0 Å². The number of imidazole rings is 1. The monoisotopic (exact) mass is 413 g/mol. The first-order chi connectivity index (χ1) is 8.34. The second-order valence-electron chi connectivity index (χ2n) is 4.28. The van der Waals surface area contributed by atoms with E-state index in [9.17, 15) is 0 Å². The van der Waals surface area contributed by atoms with E-state index < -0.39 is 0 Å². The summed E-state index contributed by atoms with van der Waals surface area (Å²) in [6.45, 7) is 0. The third kappa shape index (κ3) is 1.36. The van der Waals surface area contributed by atoms with E-state index in [2.05, 4.69) is 41.0 Å². The topological polar surface area (TPSA) is 22.2 Å². The number of rotatable bonds is 0. The van der Waals surface area contributed by atoms with E-state index in [1.54, 1.807) is 0 Å². The summed E-state index contributed by atoms with van der Waals surface area (Å²) in [4.78, 5) is 4.39. The third-order valence-corrected chi connectivity index (χ3v) is 3.29. The van der Waals surface area contributed by atoms with Gasteiger partial charge in [0.2, 0.25) is 0 Å². The summed E-state index contributed by atoms with van der Waals surface area (Å²) in [5.74, 6) is 0. The quantitative estimate of drug-likeness (QED) is 0.407. The number of nitrogens with zero attached hydrogens (tertiary/aromatic N) is 3. The van der Waals surface area contributed by atoms with Crippen LogP contribution in [-0.4, -0.2) is 14.0 Å². The molecular formula is C14H10IrN3-. The SMILES string of the molecule is Cn1ccc2c[c-]c3c(ccn4ccnc34)c21.[Ir]. The maximum Gasteiger partial charge on any atom is 0.0604 e. The molecule has 0 saturated heterocycles. The fraction of sp³-hybridized carbons (Fsp3) is 0.0714. The van der Waals surface area contributed by atoms with Gasteiger partial charge in [0.05, 0.1) is 5.65 Å². The minimum absolute atomic E-state index is 0. The van der Waals surface area contributed by atoms with Crippen molar-refractivity contribution in [2.75, 3.05) is 0 Å². The number of pyridine rings is 1. The molecule has 0 unspecified atom stereocenters. The van der Waals surface area contributed by atoms with Crippen LogP contribution in [0.3, 0.4) is 0 Å². The number of hydrogen-bond donors (Lipinski definition) is 0. The van der Waals surface area contributed by atoms with Gasteiger partial charge in [0, 0.05) is 39.5 Å². The van der Waals surface area contributed by atoms with Gasteiger partial charge < -0.3 is 8.97 Å². The zero-order chi connectivity index (χ0) is 11.4. The molecule has 3 nitrogen and oxygen atoms in total. The van der Waals surface area contributed by atoms with Crippen LogP contribution in [0.1, 0.15) is 0 Å². The molecule has 1 radical (unpaired) electrons. The number of fused-ring (bicyclic) bond motifs is 5. The standard InChI is InChI=1S/C14H10N3.Ir/c1-16-7-4-10-2-3-12-11(13(10)16)5-8-17-9-6-15-14(12)17;/h2,4-9H,1H3;/q-1;. The number of hydrogen-bond acceptors (Lipinski definition) is 1. The van der Waals surface area contributed by atoms with Gasteiger partial charge in [-0.2, -0.15) is 0 Å². The van der Waals surface area contributed by atoms with Gasteiger partial charge in [0.15, 0.2) is 0 Å². The Morgan fingerprint density at radius 1 is 1.17 bits per heavy atom. The minimum atomic E-state index is 0. The zero-order valence-electron chi connectivity index (χ0n) is 9.72. The van der Waals surface area contributed by atoms with Crippen LogP contribution in [0.15, 0.2) is 43.0 Å². The molecule has 4 heteroatoms. The van der Waals surface area contributed by atoms with Crippen molar-refractivity contribution in [3.63, 3.8) is 0 Å². The van der Waals surface area contributed by atoms with Crippen molar-refractivity contribution in [3.05, 3.63) is 49.1 Å². The van der Waals surface area contributed by atoms with Gasteiger partial charge in [0.1, 0.15) is 0 Å². The first kappa shape index (κ1) is 11.4. The van der Waals surface area contributed by atoms with Crippen molar-refractivity contribution in [2.45, 2.75) is 0 Å². The Bertz CT molecular complexity index is 857. The van der Waals surface area contributed by atoms with Crippen molar-refractivity contribution in [2.24, 2.45) is 7.05 Å². The van der Waals surface area contributed by atoms with E-state index >= 15 is 0 Å². The van der Waals surface area contributed by atoms with Crippen LogP contribution < -0.4 is 0 Å². The van der Waals surface area contributed by atoms with Crippen molar-refractivity contribution in [1.29, 1.82) is 0 Å². The molecule has 3 heterocycles. The second-order valence-corrected chi connectivity index (χ2v) is 4.28. The maximum absolute atomic E-state index is 4.39. The van der Waals surface area contributed by atoms with E-state index in [0.717, 1.165) is 11.0 Å². The smallest absolute Gasteiger partial charge is 0.0604 e. The average molecular weight is 412 g/mol. The average Bonchev–Trinajstić information content (AvgIpc) is 2.95. The van der Waals surface area contributed by atoms with Crippen molar-refractivity contribution >= 4 is 27.3 Å². The molecule has 0 N–H and O–H groups in total. The Balaban J connectivity index is 0.000001000. The molecule has 91 valence electrons. The fourth-order valence-corrected chi connectivity index (χ4v) is 2.49.